The predicted octanol–water partition coefficient (Wildman–Crippen LogP) is 2.35. The summed E-state index contributed by atoms with van der Waals surface area (Å²) in [4.78, 5) is 2.87. The Balaban J connectivity index is 0.000000980. The van der Waals surface area contributed by atoms with Gasteiger partial charge >= 0.3 is 0 Å². The minimum Gasteiger partial charge on any atom is -0.376 e. The van der Waals surface area contributed by atoms with Gasteiger partial charge in [0.15, 0.2) is 0 Å². The summed E-state index contributed by atoms with van der Waals surface area (Å²) in [6.45, 7) is 5.80. The standard InChI is InChI=1S/C10H15NOS.ClH/c1-2-12-7-9-5-8-3-4-11-6-10(8)13-9;/h5,11H,2-4,6-7H2,1H3;1H. The molecule has 0 radical (unpaired) electrons. The van der Waals surface area contributed by atoms with Crippen LogP contribution in [0.2, 0.25) is 0 Å². The van der Waals surface area contributed by atoms with Crippen LogP contribution in [0.5, 0.6) is 0 Å². The van der Waals surface area contributed by atoms with Crippen molar-refractivity contribution >= 4 is 23.7 Å². The second kappa shape index (κ2) is 5.71. The van der Waals surface area contributed by atoms with Crippen molar-refractivity contribution in [2.45, 2.75) is 26.5 Å². The third-order valence-corrected chi connectivity index (χ3v) is 3.40. The molecule has 2 nitrogen and oxygen atoms in total. The number of thiophene rings is 1. The van der Waals surface area contributed by atoms with Gasteiger partial charge in [0.1, 0.15) is 0 Å². The molecule has 1 aliphatic rings. The van der Waals surface area contributed by atoms with Crippen LogP contribution in [0.3, 0.4) is 0 Å². The van der Waals surface area contributed by atoms with Gasteiger partial charge in [0, 0.05) is 22.9 Å². The average molecular weight is 234 g/mol. The zero-order chi connectivity index (χ0) is 9.10. The second-order valence-electron chi connectivity index (χ2n) is 3.23. The molecule has 80 valence electrons. The Hall–Kier alpha value is -0.0900. The van der Waals surface area contributed by atoms with E-state index < -0.39 is 0 Å². The molecule has 1 aromatic rings. The quantitative estimate of drug-likeness (QED) is 0.866. The molecule has 0 bridgehead atoms. The summed E-state index contributed by atoms with van der Waals surface area (Å²) in [5.41, 5.74) is 1.53. The summed E-state index contributed by atoms with van der Waals surface area (Å²) in [5.74, 6) is 0. The van der Waals surface area contributed by atoms with Gasteiger partial charge in [-0.15, -0.1) is 23.7 Å². The molecule has 0 aliphatic carbocycles. The smallest absolute Gasteiger partial charge is 0.0809 e. The molecule has 1 aromatic heterocycles. The largest absolute Gasteiger partial charge is 0.376 e. The van der Waals surface area contributed by atoms with Crippen LogP contribution < -0.4 is 5.32 Å². The number of nitrogens with one attached hydrogen (secondary N) is 1. The van der Waals surface area contributed by atoms with Gasteiger partial charge in [-0.25, -0.2) is 0 Å². The van der Waals surface area contributed by atoms with Crippen LogP contribution in [-0.2, 0) is 24.3 Å². The first-order valence-corrected chi connectivity index (χ1v) is 5.60. The fourth-order valence-corrected chi connectivity index (χ4v) is 2.71. The van der Waals surface area contributed by atoms with E-state index in [0.717, 1.165) is 26.3 Å². The van der Waals surface area contributed by atoms with Crippen LogP contribution in [0.25, 0.3) is 0 Å². The van der Waals surface area contributed by atoms with Crippen LogP contribution in [-0.4, -0.2) is 13.2 Å². The van der Waals surface area contributed by atoms with E-state index in [2.05, 4.69) is 11.4 Å². The molecule has 0 saturated carbocycles. The zero-order valence-corrected chi connectivity index (χ0v) is 9.97. The molecule has 1 N–H and O–H groups in total. The molecular weight excluding hydrogens is 218 g/mol. The highest BCUT2D eigenvalue weighted by Gasteiger charge is 2.12. The summed E-state index contributed by atoms with van der Waals surface area (Å²) in [7, 11) is 0. The van der Waals surface area contributed by atoms with E-state index in [1.165, 1.54) is 21.7 Å². The first kappa shape index (κ1) is 12.0. The molecule has 0 amide bonds. The lowest BCUT2D eigenvalue weighted by atomic mass is 10.1. The third kappa shape index (κ3) is 2.70. The number of hydrogen-bond donors (Lipinski definition) is 1. The van der Waals surface area contributed by atoms with Gasteiger partial charge in [-0.05, 0) is 31.5 Å². The lowest BCUT2D eigenvalue weighted by Gasteiger charge is -2.10. The van der Waals surface area contributed by atoms with Gasteiger partial charge < -0.3 is 10.1 Å². The Kier molecular flexibility index (Phi) is 4.89. The summed E-state index contributed by atoms with van der Waals surface area (Å²) in [6.07, 6.45) is 1.18. The van der Waals surface area contributed by atoms with E-state index in [1.807, 2.05) is 18.3 Å². The van der Waals surface area contributed by atoms with Gasteiger partial charge in [0.2, 0.25) is 0 Å². The Morgan fingerprint density at radius 2 is 2.43 bits per heavy atom. The Morgan fingerprint density at radius 3 is 3.14 bits per heavy atom. The van der Waals surface area contributed by atoms with Crippen molar-refractivity contribution in [1.82, 2.24) is 5.32 Å². The first-order valence-electron chi connectivity index (χ1n) is 4.79. The number of rotatable bonds is 3. The van der Waals surface area contributed by atoms with Gasteiger partial charge in [-0.1, -0.05) is 0 Å². The van der Waals surface area contributed by atoms with Crippen molar-refractivity contribution in [3.8, 4) is 0 Å². The normalized spacial score (nSPS) is 14.6. The van der Waals surface area contributed by atoms with Crippen LogP contribution in [0.1, 0.15) is 22.2 Å². The van der Waals surface area contributed by atoms with E-state index in [9.17, 15) is 0 Å². The summed E-state index contributed by atoms with van der Waals surface area (Å²) < 4.78 is 5.39. The van der Waals surface area contributed by atoms with Crippen LogP contribution in [0.4, 0.5) is 0 Å². The first-order chi connectivity index (χ1) is 6.40. The maximum absolute atomic E-state index is 5.39. The molecule has 2 heterocycles. The summed E-state index contributed by atoms with van der Waals surface area (Å²) >= 11 is 1.89. The predicted molar refractivity (Wildman–Crippen MR) is 62.3 cm³/mol. The molecule has 1 aliphatic heterocycles. The maximum atomic E-state index is 5.39. The molecule has 0 fully saturated rings. The van der Waals surface area contributed by atoms with Crippen molar-refractivity contribution in [2.24, 2.45) is 0 Å². The number of ether oxygens (including phenoxy) is 1. The van der Waals surface area contributed by atoms with Crippen molar-refractivity contribution in [3.05, 3.63) is 21.4 Å². The van der Waals surface area contributed by atoms with E-state index in [4.69, 9.17) is 4.74 Å². The van der Waals surface area contributed by atoms with E-state index in [0.29, 0.717) is 0 Å². The van der Waals surface area contributed by atoms with Gasteiger partial charge in [0.05, 0.1) is 6.61 Å². The van der Waals surface area contributed by atoms with Crippen molar-refractivity contribution in [3.63, 3.8) is 0 Å². The lowest BCUT2D eigenvalue weighted by Crippen LogP contribution is -2.21. The summed E-state index contributed by atoms with van der Waals surface area (Å²) in [5, 5.41) is 3.38. The average Bonchev–Trinajstić information content (AvgIpc) is 2.57. The molecule has 0 spiro atoms. The highest BCUT2D eigenvalue weighted by molar-refractivity contribution is 7.12. The van der Waals surface area contributed by atoms with Crippen LogP contribution >= 0.6 is 23.7 Å². The number of fused-ring (bicyclic) bond motifs is 1. The minimum atomic E-state index is 0. The fourth-order valence-electron chi connectivity index (χ4n) is 1.59. The molecule has 0 saturated heterocycles. The minimum absolute atomic E-state index is 0. The van der Waals surface area contributed by atoms with Crippen LogP contribution in [0, 0.1) is 0 Å². The number of halogens is 1. The lowest BCUT2D eigenvalue weighted by molar-refractivity contribution is 0.136. The van der Waals surface area contributed by atoms with Crippen molar-refractivity contribution in [2.75, 3.05) is 13.2 Å². The molecular formula is C10H16ClNOS. The highest BCUT2D eigenvalue weighted by Crippen LogP contribution is 2.25. The van der Waals surface area contributed by atoms with E-state index in [1.54, 1.807) is 0 Å². The molecule has 14 heavy (non-hydrogen) atoms. The van der Waals surface area contributed by atoms with Crippen molar-refractivity contribution in [1.29, 1.82) is 0 Å². The highest BCUT2D eigenvalue weighted by atomic mass is 35.5. The fraction of sp³-hybridized carbons (Fsp3) is 0.600. The van der Waals surface area contributed by atoms with Crippen LogP contribution in [0.15, 0.2) is 6.07 Å². The topological polar surface area (TPSA) is 21.3 Å². The number of hydrogen-bond acceptors (Lipinski definition) is 3. The monoisotopic (exact) mass is 233 g/mol. The van der Waals surface area contributed by atoms with Gasteiger partial charge in [0.25, 0.3) is 0 Å². The SMILES string of the molecule is CCOCc1cc2c(s1)CNCC2.Cl. The van der Waals surface area contributed by atoms with Gasteiger partial charge in [-0.3, -0.25) is 0 Å². The second-order valence-corrected chi connectivity index (χ2v) is 4.45. The van der Waals surface area contributed by atoms with Crippen molar-refractivity contribution < 1.29 is 4.74 Å². The molecule has 4 heteroatoms. The molecule has 0 aromatic carbocycles. The Morgan fingerprint density at radius 1 is 1.57 bits per heavy atom. The Bertz CT molecular complexity index is 264. The van der Waals surface area contributed by atoms with Gasteiger partial charge in [-0.2, -0.15) is 0 Å². The maximum Gasteiger partial charge on any atom is 0.0809 e. The zero-order valence-electron chi connectivity index (χ0n) is 8.34. The molecule has 0 atom stereocenters. The molecule has 0 unspecified atom stereocenters. The van der Waals surface area contributed by atoms with E-state index >= 15 is 0 Å². The van der Waals surface area contributed by atoms with E-state index in [-0.39, 0.29) is 12.4 Å². The summed E-state index contributed by atoms with van der Waals surface area (Å²) in [6, 6.07) is 2.30. The Labute approximate surface area is 95.1 Å². The molecule has 2 rings (SSSR count). The third-order valence-electron chi connectivity index (χ3n) is 2.25.